The Morgan fingerprint density at radius 3 is 2.72 bits per heavy atom. The first-order valence-electron chi connectivity index (χ1n) is 9.36. The number of aryl methyl sites for hydroxylation is 1. The highest BCUT2D eigenvalue weighted by atomic mass is 19.1. The van der Waals surface area contributed by atoms with Crippen molar-refractivity contribution in [3.63, 3.8) is 0 Å². The maximum Gasteiger partial charge on any atom is 0.251 e. The van der Waals surface area contributed by atoms with Crippen LogP contribution in [-0.4, -0.2) is 27.9 Å². The highest BCUT2D eigenvalue weighted by Crippen LogP contribution is 2.12. The molecule has 1 heterocycles. The summed E-state index contributed by atoms with van der Waals surface area (Å²) >= 11 is 0. The molecule has 3 aromatic rings. The number of carbonyl (C=O) groups excluding carboxylic acids is 2. The number of benzene rings is 2. The molecular formula is C22H23FN4O2. The molecule has 0 saturated heterocycles. The highest BCUT2D eigenvalue weighted by molar-refractivity contribution is 5.95. The van der Waals surface area contributed by atoms with Crippen molar-refractivity contribution in [1.29, 1.82) is 0 Å². The number of hydrogen-bond donors (Lipinski definition) is 2. The molecule has 1 aromatic heterocycles. The van der Waals surface area contributed by atoms with Gasteiger partial charge in [0.1, 0.15) is 5.82 Å². The van der Waals surface area contributed by atoms with Crippen molar-refractivity contribution in [2.24, 2.45) is 0 Å². The summed E-state index contributed by atoms with van der Waals surface area (Å²) in [4.78, 5) is 28.2. The first-order chi connectivity index (χ1) is 14.0. The molecule has 29 heavy (non-hydrogen) atoms. The van der Waals surface area contributed by atoms with Crippen molar-refractivity contribution < 1.29 is 14.0 Å². The van der Waals surface area contributed by atoms with Crippen LogP contribution in [-0.2, 0) is 17.9 Å². The van der Waals surface area contributed by atoms with Crippen LogP contribution in [0.2, 0.25) is 0 Å². The van der Waals surface area contributed by atoms with Crippen LogP contribution in [0.25, 0.3) is 0 Å². The topological polar surface area (TPSA) is 76.0 Å². The van der Waals surface area contributed by atoms with Gasteiger partial charge < -0.3 is 15.2 Å². The van der Waals surface area contributed by atoms with E-state index in [1.807, 2.05) is 19.1 Å². The van der Waals surface area contributed by atoms with Crippen LogP contribution in [0, 0.1) is 12.7 Å². The van der Waals surface area contributed by atoms with Gasteiger partial charge >= 0.3 is 0 Å². The van der Waals surface area contributed by atoms with Crippen molar-refractivity contribution in [3.8, 4) is 0 Å². The highest BCUT2D eigenvalue weighted by Gasteiger charge is 2.09. The lowest BCUT2D eigenvalue weighted by Crippen LogP contribution is -2.30. The van der Waals surface area contributed by atoms with Crippen molar-refractivity contribution in [3.05, 3.63) is 89.3 Å². The Morgan fingerprint density at radius 2 is 1.97 bits per heavy atom. The predicted octanol–water partition coefficient (Wildman–Crippen LogP) is 2.82. The monoisotopic (exact) mass is 394 g/mol. The lowest BCUT2D eigenvalue weighted by atomic mass is 10.1. The number of halogens is 1. The molecule has 2 N–H and O–H groups in total. The Morgan fingerprint density at radius 1 is 1.14 bits per heavy atom. The van der Waals surface area contributed by atoms with E-state index in [0.717, 1.165) is 11.1 Å². The average molecular weight is 394 g/mol. The third kappa shape index (κ3) is 5.75. The van der Waals surface area contributed by atoms with Gasteiger partial charge in [0.25, 0.3) is 5.91 Å². The van der Waals surface area contributed by atoms with Gasteiger partial charge in [-0.1, -0.05) is 24.3 Å². The van der Waals surface area contributed by atoms with Gasteiger partial charge in [-0.15, -0.1) is 0 Å². The van der Waals surface area contributed by atoms with Gasteiger partial charge in [-0.25, -0.2) is 9.37 Å². The molecule has 0 spiro atoms. The molecule has 0 aliphatic heterocycles. The fourth-order valence-corrected chi connectivity index (χ4v) is 2.94. The predicted molar refractivity (Wildman–Crippen MR) is 108 cm³/mol. The summed E-state index contributed by atoms with van der Waals surface area (Å²) < 4.78 is 15.8. The Balaban J connectivity index is 1.46. The fraction of sp³-hybridized carbons (Fsp3) is 0.227. The molecule has 2 amide bonds. The average Bonchev–Trinajstić information content (AvgIpc) is 3.22. The number of amides is 2. The third-order valence-corrected chi connectivity index (χ3v) is 4.54. The van der Waals surface area contributed by atoms with Crippen LogP contribution < -0.4 is 10.6 Å². The summed E-state index contributed by atoms with van der Waals surface area (Å²) in [7, 11) is 0. The minimum absolute atomic E-state index is 0.167. The van der Waals surface area contributed by atoms with E-state index in [1.165, 1.54) is 6.07 Å². The zero-order chi connectivity index (χ0) is 20.6. The van der Waals surface area contributed by atoms with Gasteiger partial charge in [-0.2, -0.15) is 0 Å². The van der Waals surface area contributed by atoms with E-state index < -0.39 is 0 Å². The van der Waals surface area contributed by atoms with Crippen molar-refractivity contribution in [2.75, 3.05) is 6.54 Å². The third-order valence-electron chi connectivity index (χ3n) is 4.54. The zero-order valence-electron chi connectivity index (χ0n) is 16.2. The summed E-state index contributed by atoms with van der Waals surface area (Å²) in [6, 6.07) is 12.1. The largest absolute Gasteiger partial charge is 0.352 e. The van der Waals surface area contributed by atoms with Crippen LogP contribution in [0.3, 0.4) is 0 Å². The van der Waals surface area contributed by atoms with E-state index in [0.29, 0.717) is 24.2 Å². The molecule has 0 unspecified atom stereocenters. The van der Waals surface area contributed by atoms with E-state index >= 15 is 0 Å². The van der Waals surface area contributed by atoms with Crippen molar-refractivity contribution in [2.45, 2.75) is 26.4 Å². The van der Waals surface area contributed by atoms with Crippen LogP contribution >= 0.6 is 0 Å². The van der Waals surface area contributed by atoms with Crippen molar-refractivity contribution in [1.82, 2.24) is 20.2 Å². The summed E-state index contributed by atoms with van der Waals surface area (Å²) in [5.41, 5.74) is 2.82. The van der Waals surface area contributed by atoms with E-state index in [4.69, 9.17) is 0 Å². The van der Waals surface area contributed by atoms with Crippen molar-refractivity contribution >= 4 is 11.8 Å². The number of nitrogens with one attached hydrogen (secondary N) is 2. The van der Waals surface area contributed by atoms with Gasteiger partial charge in [0.2, 0.25) is 5.91 Å². The van der Waals surface area contributed by atoms with E-state index in [9.17, 15) is 14.0 Å². The summed E-state index contributed by atoms with van der Waals surface area (Å²) in [6.45, 7) is 2.78. The second-order valence-electron chi connectivity index (χ2n) is 6.76. The molecule has 0 aliphatic rings. The number of carbonyl (C=O) groups is 2. The van der Waals surface area contributed by atoms with E-state index in [2.05, 4.69) is 15.6 Å². The fourth-order valence-electron chi connectivity index (χ4n) is 2.94. The molecule has 0 saturated carbocycles. The first-order valence-corrected chi connectivity index (χ1v) is 9.36. The normalized spacial score (nSPS) is 10.6. The van der Waals surface area contributed by atoms with Gasteiger partial charge in [0.15, 0.2) is 0 Å². The number of hydrogen-bond acceptors (Lipinski definition) is 3. The van der Waals surface area contributed by atoms with Crippen LogP contribution in [0.1, 0.15) is 33.5 Å². The van der Waals surface area contributed by atoms with Gasteiger partial charge in [0, 0.05) is 43.0 Å². The van der Waals surface area contributed by atoms with E-state index in [1.54, 1.807) is 47.6 Å². The molecule has 0 bridgehead atoms. The maximum atomic E-state index is 14.0. The molecule has 6 nitrogen and oxygen atoms in total. The SMILES string of the molecule is Cc1ccccc1C(=O)NCCC(=O)NCc1ccc(F)c(Cn2ccnc2)c1. The number of imidazole rings is 1. The number of rotatable bonds is 8. The standard InChI is InChI=1S/C22H23FN4O2/c1-16-4-2-3-5-19(16)22(29)25-9-8-21(28)26-13-17-6-7-20(23)18(12-17)14-27-11-10-24-15-27/h2-7,10-12,15H,8-9,13-14H2,1H3,(H,25,29)(H,26,28). The lowest BCUT2D eigenvalue weighted by Gasteiger charge is -2.10. The summed E-state index contributed by atoms with van der Waals surface area (Å²) in [5.74, 6) is -0.679. The lowest BCUT2D eigenvalue weighted by molar-refractivity contribution is -0.121. The number of aromatic nitrogens is 2. The Hall–Kier alpha value is -3.48. The first kappa shape index (κ1) is 20.3. The minimum Gasteiger partial charge on any atom is -0.352 e. The van der Waals surface area contributed by atoms with Gasteiger partial charge in [-0.3, -0.25) is 9.59 Å². The minimum atomic E-state index is -0.298. The second kappa shape index (κ2) is 9.64. The number of nitrogens with zero attached hydrogens (tertiary/aromatic N) is 2. The summed E-state index contributed by atoms with van der Waals surface area (Å²) in [5, 5.41) is 5.55. The molecule has 7 heteroatoms. The molecule has 0 fully saturated rings. The van der Waals surface area contributed by atoms with Crippen LogP contribution in [0.4, 0.5) is 4.39 Å². The molecule has 0 atom stereocenters. The molecule has 3 rings (SSSR count). The molecular weight excluding hydrogens is 371 g/mol. The molecule has 150 valence electrons. The second-order valence-corrected chi connectivity index (χ2v) is 6.76. The zero-order valence-corrected chi connectivity index (χ0v) is 16.2. The Bertz CT molecular complexity index is 986. The quantitative estimate of drug-likeness (QED) is 0.617. The smallest absolute Gasteiger partial charge is 0.251 e. The molecule has 0 radical (unpaired) electrons. The Kier molecular flexibility index (Phi) is 6.73. The van der Waals surface area contributed by atoms with Gasteiger partial charge in [-0.05, 0) is 36.2 Å². The van der Waals surface area contributed by atoms with Gasteiger partial charge in [0.05, 0.1) is 12.9 Å². The Labute approximate surface area is 168 Å². The van der Waals surface area contributed by atoms with Crippen LogP contribution in [0.5, 0.6) is 0 Å². The maximum absolute atomic E-state index is 14.0. The summed E-state index contributed by atoms with van der Waals surface area (Å²) in [6.07, 6.45) is 5.19. The van der Waals surface area contributed by atoms with Crippen LogP contribution in [0.15, 0.2) is 61.2 Å². The molecule has 2 aromatic carbocycles. The van der Waals surface area contributed by atoms with E-state index in [-0.39, 0.29) is 30.6 Å². The molecule has 0 aliphatic carbocycles.